The highest BCUT2D eigenvalue weighted by atomic mass is 15.1. The van der Waals surface area contributed by atoms with Gasteiger partial charge in [-0.25, -0.2) is 0 Å². The van der Waals surface area contributed by atoms with Crippen LogP contribution in [0.4, 0.5) is 0 Å². The van der Waals surface area contributed by atoms with E-state index in [0.717, 1.165) is 30.8 Å². The van der Waals surface area contributed by atoms with E-state index in [1.807, 2.05) is 30.3 Å². The first kappa shape index (κ1) is 14.4. The molecular formula is C19H21N. The minimum absolute atomic E-state index is 0.965. The van der Waals surface area contributed by atoms with Crippen LogP contribution < -0.4 is 0 Å². The van der Waals surface area contributed by atoms with Crippen molar-refractivity contribution >= 4 is 0 Å². The van der Waals surface area contributed by atoms with Crippen LogP contribution in [0.3, 0.4) is 0 Å². The Balaban J connectivity index is 2.22. The van der Waals surface area contributed by atoms with Crippen molar-refractivity contribution in [2.75, 3.05) is 13.1 Å². The fourth-order valence-corrected chi connectivity index (χ4v) is 2.13. The Morgan fingerprint density at radius 2 is 1.45 bits per heavy atom. The summed E-state index contributed by atoms with van der Waals surface area (Å²) in [5.41, 5.74) is 3.49. The van der Waals surface area contributed by atoms with Gasteiger partial charge in [0.2, 0.25) is 0 Å². The van der Waals surface area contributed by atoms with E-state index in [0.29, 0.717) is 0 Å². The Morgan fingerprint density at radius 3 is 2.15 bits per heavy atom. The minimum atomic E-state index is 0.965. The van der Waals surface area contributed by atoms with Gasteiger partial charge >= 0.3 is 0 Å². The van der Waals surface area contributed by atoms with Crippen LogP contribution in [0.25, 0.3) is 0 Å². The lowest BCUT2D eigenvalue weighted by Crippen LogP contribution is -2.22. The quantitative estimate of drug-likeness (QED) is 0.756. The van der Waals surface area contributed by atoms with E-state index in [-0.39, 0.29) is 0 Å². The van der Waals surface area contributed by atoms with Gasteiger partial charge in [0.1, 0.15) is 0 Å². The maximum atomic E-state index is 3.31. The van der Waals surface area contributed by atoms with Gasteiger partial charge in [0.15, 0.2) is 0 Å². The smallest absolute Gasteiger partial charge is 0.0294 e. The molecule has 2 aromatic carbocycles. The van der Waals surface area contributed by atoms with Gasteiger partial charge in [0, 0.05) is 17.7 Å². The molecular weight excluding hydrogens is 242 g/mol. The summed E-state index contributed by atoms with van der Waals surface area (Å²) >= 11 is 0. The molecule has 0 atom stereocenters. The second-order valence-electron chi connectivity index (χ2n) is 4.73. The van der Waals surface area contributed by atoms with Crippen LogP contribution >= 0.6 is 0 Å². The van der Waals surface area contributed by atoms with Gasteiger partial charge in [-0.3, -0.25) is 4.90 Å². The highest BCUT2D eigenvalue weighted by molar-refractivity contribution is 5.46. The van der Waals surface area contributed by atoms with Gasteiger partial charge in [0.05, 0.1) is 0 Å². The molecule has 0 unspecified atom stereocenters. The van der Waals surface area contributed by atoms with Crippen LogP contribution in [-0.2, 0) is 6.54 Å². The molecule has 0 aliphatic carbocycles. The summed E-state index contributed by atoms with van der Waals surface area (Å²) in [6.45, 7) is 7.49. The molecule has 0 aliphatic heterocycles. The van der Waals surface area contributed by atoms with Crippen LogP contribution in [0, 0.1) is 11.8 Å². The molecule has 1 heteroatoms. The number of hydrogen-bond acceptors (Lipinski definition) is 1. The first-order chi connectivity index (χ1) is 9.83. The molecule has 0 amide bonds. The predicted molar refractivity (Wildman–Crippen MR) is 85.5 cm³/mol. The Bertz CT molecular complexity index is 586. The van der Waals surface area contributed by atoms with Crippen molar-refractivity contribution in [3.63, 3.8) is 0 Å². The van der Waals surface area contributed by atoms with Gasteiger partial charge < -0.3 is 0 Å². The topological polar surface area (TPSA) is 3.24 Å². The first-order valence-electron chi connectivity index (χ1n) is 7.20. The standard InChI is InChI=1S/C19H21N/c1-3-20(4-2)16-19-13-9-8-12-18(19)15-14-17-10-6-5-7-11-17/h5-13H,3-4,16H2,1-2H3. The Labute approximate surface area is 122 Å². The molecule has 0 saturated heterocycles. The molecule has 102 valence electrons. The summed E-state index contributed by atoms with van der Waals surface area (Å²) in [7, 11) is 0. The lowest BCUT2D eigenvalue weighted by Gasteiger charge is -2.18. The third-order valence-electron chi connectivity index (χ3n) is 3.42. The second-order valence-corrected chi connectivity index (χ2v) is 4.73. The van der Waals surface area contributed by atoms with E-state index in [1.54, 1.807) is 0 Å². The summed E-state index contributed by atoms with van der Waals surface area (Å²) in [6, 6.07) is 18.6. The summed E-state index contributed by atoms with van der Waals surface area (Å²) in [5, 5.41) is 0. The second kappa shape index (κ2) is 7.53. The third kappa shape index (κ3) is 3.98. The van der Waals surface area contributed by atoms with Crippen LogP contribution in [0.2, 0.25) is 0 Å². The number of benzene rings is 2. The summed E-state index contributed by atoms with van der Waals surface area (Å²) in [6.07, 6.45) is 0. The summed E-state index contributed by atoms with van der Waals surface area (Å²) in [4.78, 5) is 2.41. The maximum absolute atomic E-state index is 3.31. The van der Waals surface area contributed by atoms with Gasteiger partial charge in [-0.05, 0) is 36.9 Å². The predicted octanol–water partition coefficient (Wildman–Crippen LogP) is 3.93. The zero-order chi connectivity index (χ0) is 14.2. The molecule has 0 N–H and O–H groups in total. The molecule has 2 aromatic rings. The molecule has 1 nitrogen and oxygen atoms in total. The van der Waals surface area contributed by atoms with Crippen LogP contribution in [-0.4, -0.2) is 18.0 Å². The van der Waals surface area contributed by atoms with Crippen molar-refractivity contribution in [2.45, 2.75) is 20.4 Å². The highest BCUT2D eigenvalue weighted by Crippen LogP contribution is 2.11. The fraction of sp³-hybridized carbons (Fsp3) is 0.263. The average Bonchev–Trinajstić information content (AvgIpc) is 2.52. The minimum Gasteiger partial charge on any atom is -0.300 e. The average molecular weight is 263 g/mol. The van der Waals surface area contributed by atoms with E-state index in [1.165, 1.54) is 5.56 Å². The molecule has 2 rings (SSSR count). The SMILES string of the molecule is CCN(CC)Cc1ccccc1C#Cc1ccccc1. The summed E-state index contributed by atoms with van der Waals surface area (Å²) < 4.78 is 0. The normalized spacial score (nSPS) is 10.2. The van der Waals surface area contributed by atoms with E-state index in [9.17, 15) is 0 Å². The van der Waals surface area contributed by atoms with Gasteiger partial charge in [-0.15, -0.1) is 0 Å². The number of hydrogen-bond donors (Lipinski definition) is 0. The summed E-state index contributed by atoms with van der Waals surface area (Å²) in [5.74, 6) is 6.55. The van der Waals surface area contributed by atoms with Crippen molar-refractivity contribution in [1.29, 1.82) is 0 Å². The van der Waals surface area contributed by atoms with Crippen molar-refractivity contribution in [1.82, 2.24) is 4.90 Å². The van der Waals surface area contributed by atoms with Crippen LogP contribution in [0.5, 0.6) is 0 Å². The lowest BCUT2D eigenvalue weighted by atomic mass is 10.1. The fourth-order valence-electron chi connectivity index (χ4n) is 2.13. The van der Waals surface area contributed by atoms with E-state index in [2.05, 4.69) is 54.9 Å². The Kier molecular flexibility index (Phi) is 5.41. The van der Waals surface area contributed by atoms with Crippen molar-refractivity contribution in [3.8, 4) is 11.8 Å². The van der Waals surface area contributed by atoms with E-state index >= 15 is 0 Å². The zero-order valence-electron chi connectivity index (χ0n) is 12.3. The highest BCUT2D eigenvalue weighted by Gasteiger charge is 2.04. The molecule has 0 aromatic heterocycles. The molecule has 20 heavy (non-hydrogen) atoms. The largest absolute Gasteiger partial charge is 0.300 e. The number of nitrogens with zero attached hydrogens (tertiary/aromatic N) is 1. The van der Waals surface area contributed by atoms with E-state index < -0.39 is 0 Å². The van der Waals surface area contributed by atoms with Crippen molar-refractivity contribution < 1.29 is 0 Å². The zero-order valence-corrected chi connectivity index (χ0v) is 12.3. The van der Waals surface area contributed by atoms with Crippen molar-refractivity contribution in [2.24, 2.45) is 0 Å². The van der Waals surface area contributed by atoms with Crippen LogP contribution in [0.1, 0.15) is 30.5 Å². The first-order valence-corrected chi connectivity index (χ1v) is 7.20. The van der Waals surface area contributed by atoms with Gasteiger partial charge in [-0.2, -0.15) is 0 Å². The van der Waals surface area contributed by atoms with E-state index in [4.69, 9.17) is 0 Å². The molecule has 0 saturated carbocycles. The Morgan fingerprint density at radius 1 is 0.800 bits per heavy atom. The van der Waals surface area contributed by atoms with Crippen LogP contribution in [0.15, 0.2) is 54.6 Å². The lowest BCUT2D eigenvalue weighted by molar-refractivity contribution is 0.295. The molecule has 0 radical (unpaired) electrons. The molecule has 0 aliphatic rings. The third-order valence-corrected chi connectivity index (χ3v) is 3.42. The molecule has 0 spiro atoms. The van der Waals surface area contributed by atoms with Crippen molar-refractivity contribution in [3.05, 3.63) is 71.3 Å². The molecule has 0 heterocycles. The Hall–Kier alpha value is -2.04. The van der Waals surface area contributed by atoms with Gasteiger partial charge in [0.25, 0.3) is 0 Å². The number of rotatable bonds is 4. The maximum Gasteiger partial charge on any atom is 0.0294 e. The molecule has 0 bridgehead atoms. The monoisotopic (exact) mass is 263 g/mol. The molecule has 0 fully saturated rings. The van der Waals surface area contributed by atoms with Gasteiger partial charge in [-0.1, -0.05) is 62.1 Å².